The molecule has 1 aromatic carbocycles. The molecule has 58 valence electrons. The van der Waals surface area contributed by atoms with Crippen LogP contribution in [0.1, 0.15) is 5.56 Å². The second-order valence-electron chi connectivity index (χ2n) is 2.02. The lowest BCUT2D eigenvalue weighted by Crippen LogP contribution is -1.85. The van der Waals surface area contributed by atoms with Crippen molar-refractivity contribution in [1.82, 2.24) is 0 Å². The average molecular weight is 154 g/mol. The first-order chi connectivity index (χ1) is 5.25. The highest BCUT2D eigenvalue weighted by molar-refractivity contribution is 5.62. The summed E-state index contributed by atoms with van der Waals surface area (Å²) in [5.41, 5.74) is 0.259. The topological polar surface area (TPSA) is 29.5 Å². The third kappa shape index (κ3) is 1.49. The van der Waals surface area contributed by atoms with Crippen molar-refractivity contribution < 1.29 is 14.6 Å². The highest BCUT2D eigenvalue weighted by atomic mass is 19.3. The Morgan fingerprint density at radius 3 is 2.55 bits per heavy atom. The van der Waals surface area contributed by atoms with Crippen LogP contribution in [0.2, 0.25) is 0 Å². The van der Waals surface area contributed by atoms with Gasteiger partial charge < -0.3 is 5.11 Å². The van der Waals surface area contributed by atoms with Crippen molar-refractivity contribution >= 4 is 5.76 Å². The zero-order chi connectivity index (χ0) is 8.27. The van der Waals surface area contributed by atoms with Gasteiger partial charge in [-0.1, -0.05) is 18.7 Å². The maximum atomic E-state index is 11.7. The van der Waals surface area contributed by atoms with Crippen molar-refractivity contribution in [1.29, 1.82) is 0 Å². The molecule has 0 amide bonds. The van der Waals surface area contributed by atoms with E-state index in [4.69, 9.17) is 5.11 Å². The molecule has 0 heterocycles. The van der Waals surface area contributed by atoms with Gasteiger partial charge in [0.25, 0.3) is 0 Å². The summed E-state index contributed by atoms with van der Waals surface area (Å²) in [4.78, 5) is 3.49. The molecular weight excluding hydrogens is 147 g/mol. The number of para-hydroxylation sites is 1. The van der Waals surface area contributed by atoms with Crippen LogP contribution in [0.5, 0.6) is 5.75 Å². The number of hydrogen-bond acceptors (Lipinski definition) is 2. The van der Waals surface area contributed by atoms with Gasteiger partial charge in [0.1, 0.15) is 5.76 Å². The lowest BCUT2D eigenvalue weighted by Gasteiger charge is -2.00. The zero-order valence-electron chi connectivity index (χ0n) is 5.75. The first-order valence-corrected chi connectivity index (χ1v) is 3.01. The number of aliphatic hydroxyl groups excluding tert-OH is 1. The summed E-state index contributed by atoms with van der Waals surface area (Å²) in [6.07, 6.45) is 0. The Morgan fingerprint density at radius 1 is 1.45 bits per heavy atom. The van der Waals surface area contributed by atoms with Gasteiger partial charge in [0.15, 0.2) is 5.75 Å². The summed E-state index contributed by atoms with van der Waals surface area (Å²) in [6, 6.07) is 6.16. The predicted octanol–water partition coefficient (Wildman–Crippen LogP) is 2.48. The van der Waals surface area contributed by atoms with Crippen molar-refractivity contribution in [3.8, 4) is 5.75 Å². The molecule has 1 N–H and O–H groups in total. The van der Waals surface area contributed by atoms with E-state index in [1.54, 1.807) is 12.1 Å². The molecule has 1 rings (SSSR count). The maximum absolute atomic E-state index is 11.7. The molecule has 0 bridgehead atoms. The van der Waals surface area contributed by atoms with E-state index in [0.717, 1.165) is 0 Å². The zero-order valence-corrected chi connectivity index (χ0v) is 5.75. The van der Waals surface area contributed by atoms with Gasteiger partial charge in [-0.25, -0.2) is 0 Å². The van der Waals surface area contributed by atoms with Crippen molar-refractivity contribution in [3.05, 3.63) is 36.4 Å². The molecule has 0 aromatic heterocycles. The number of hydrogen-bond donors (Lipinski definition) is 1. The van der Waals surface area contributed by atoms with E-state index >= 15 is 0 Å². The molecule has 0 aliphatic carbocycles. The second kappa shape index (κ2) is 3.05. The summed E-state index contributed by atoms with van der Waals surface area (Å²) >= 11 is 0. The van der Waals surface area contributed by atoms with Crippen LogP contribution in [-0.4, -0.2) is 5.11 Å². The van der Waals surface area contributed by atoms with Gasteiger partial charge in [-0.15, -0.1) is 0 Å². The van der Waals surface area contributed by atoms with Crippen LogP contribution in [0.4, 0.5) is 4.53 Å². The van der Waals surface area contributed by atoms with Crippen molar-refractivity contribution in [2.75, 3.05) is 0 Å². The highest BCUT2D eigenvalue weighted by Crippen LogP contribution is 2.22. The van der Waals surface area contributed by atoms with Crippen molar-refractivity contribution in [2.24, 2.45) is 0 Å². The first-order valence-electron chi connectivity index (χ1n) is 3.01. The Bertz CT molecular complexity index is 271. The van der Waals surface area contributed by atoms with Crippen LogP contribution < -0.4 is 4.94 Å². The maximum Gasteiger partial charge on any atom is 0.182 e. The van der Waals surface area contributed by atoms with E-state index in [9.17, 15) is 4.53 Å². The Kier molecular flexibility index (Phi) is 2.11. The van der Waals surface area contributed by atoms with Crippen LogP contribution in [0.3, 0.4) is 0 Å². The van der Waals surface area contributed by atoms with E-state index in [2.05, 4.69) is 11.5 Å². The summed E-state index contributed by atoms with van der Waals surface area (Å²) < 4.78 is 11.7. The molecular formula is C8H7FO2. The first kappa shape index (κ1) is 7.60. The van der Waals surface area contributed by atoms with Gasteiger partial charge in [0.2, 0.25) is 0 Å². The van der Waals surface area contributed by atoms with E-state index in [1.807, 2.05) is 0 Å². The summed E-state index contributed by atoms with van der Waals surface area (Å²) in [6.45, 7) is 3.24. The molecule has 3 heteroatoms. The summed E-state index contributed by atoms with van der Waals surface area (Å²) in [5.74, 6) is -0.238. The highest BCUT2D eigenvalue weighted by Gasteiger charge is 2.04. The number of aliphatic hydroxyl groups is 1. The third-order valence-corrected chi connectivity index (χ3v) is 1.28. The van der Waals surface area contributed by atoms with E-state index in [0.29, 0.717) is 0 Å². The third-order valence-electron chi connectivity index (χ3n) is 1.28. The Labute approximate surface area is 63.4 Å². The number of rotatable bonds is 2. The molecule has 0 aliphatic rings. The lowest BCUT2D eigenvalue weighted by molar-refractivity contribution is -0.00677. The molecule has 0 saturated heterocycles. The molecule has 11 heavy (non-hydrogen) atoms. The van der Waals surface area contributed by atoms with Gasteiger partial charge in [0.05, 0.1) is 5.56 Å². The van der Waals surface area contributed by atoms with Crippen molar-refractivity contribution in [2.45, 2.75) is 0 Å². The minimum Gasteiger partial charge on any atom is -0.508 e. The molecule has 0 saturated carbocycles. The quantitative estimate of drug-likeness (QED) is 0.663. The van der Waals surface area contributed by atoms with E-state index in [1.165, 1.54) is 12.1 Å². The normalized spacial score (nSPS) is 9.18. The van der Waals surface area contributed by atoms with Crippen LogP contribution >= 0.6 is 0 Å². The fraction of sp³-hybridized carbons (Fsp3) is 0. The largest absolute Gasteiger partial charge is 0.508 e. The molecule has 1 aromatic rings. The molecule has 0 atom stereocenters. The van der Waals surface area contributed by atoms with Crippen LogP contribution in [-0.2, 0) is 0 Å². The minimum atomic E-state index is -0.210. The fourth-order valence-corrected chi connectivity index (χ4v) is 0.772. The Hall–Kier alpha value is -1.51. The van der Waals surface area contributed by atoms with Gasteiger partial charge >= 0.3 is 0 Å². The van der Waals surface area contributed by atoms with E-state index in [-0.39, 0.29) is 17.1 Å². The number of benzene rings is 1. The lowest BCUT2D eigenvalue weighted by atomic mass is 10.2. The van der Waals surface area contributed by atoms with Crippen molar-refractivity contribution in [3.63, 3.8) is 0 Å². The smallest absolute Gasteiger partial charge is 0.182 e. The van der Waals surface area contributed by atoms with Gasteiger partial charge in [-0.05, 0) is 12.1 Å². The predicted molar refractivity (Wildman–Crippen MR) is 39.8 cm³/mol. The summed E-state index contributed by atoms with van der Waals surface area (Å²) in [5, 5.41) is 8.89. The average Bonchev–Trinajstić information content (AvgIpc) is 2.04. The minimum absolute atomic E-state index is 0.0278. The molecule has 2 nitrogen and oxygen atoms in total. The molecule has 0 fully saturated rings. The number of halogens is 1. The van der Waals surface area contributed by atoms with E-state index < -0.39 is 0 Å². The second-order valence-corrected chi connectivity index (χ2v) is 2.02. The monoisotopic (exact) mass is 154 g/mol. The standard InChI is InChI=1S/C8H7FO2/c1-6(10)7-4-2-3-5-8(7)11-9/h2-5,10H,1H2. The molecule has 0 spiro atoms. The van der Waals surface area contributed by atoms with Gasteiger partial charge in [0, 0.05) is 4.53 Å². The molecule has 0 unspecified atom stereocenters. The SMILES string of the molecule is C=C(O)c1ccccc1OF. The van der Waals surface area contributed by atoms with Gasteiger partial charge in [-0.2, -0.15) is 0 Å². The fourth-order valence-electron chi connectivity index (χ4n) is 0.772. The Balaban J connectivity index is 3.12. The van der Waals surface area contributed by atoms with Crippen LogP contribution in [0.25, 0.3) is 5.76 Å². The Morgan fingerprint density at radius 2 is 2.09 bits per heavy atom. The summed E-state index contributed by atoms with van der Waals surface area (Å²) in [7, 11) is 0. The van der Waals surface area contributed by atoms with Gasteiger partial charge in [-0.3, -0.25) is 4.94 Å². The van der Waals surface area contributed by atoms with Crippen LogP contribution in [0.15, 0.2) is 30.8 Å². The molecule has 0 radical (unpaired) electrons. The van der Waals surface area contributed by atoms with Crippen LogP contribution in [0, 0.1) is 0 Å². The molecule has 0 aliphatic heterocycles.